The minimum Gasteiger partial charge on any atom is -0.462 e. The third kappa shape index (κ3) is 3.09. The second kappa shape index (κ2) is 5.27. The standard InChI is InChI=1S/C11H15NO2/c1-2-3-8-14-11(13)9-4-6-10(12)7-5-9/h4-7H,2-3,8,12H2,1H3/i1D3,2D2,3D2,8D2. The summed E-state index contributed by atoms with van der Waals surface area (Å²) in [5.41, 5.74) is 5.62. The summed E-state index contributed by atoms with van der Waals surface area (Å²) in [5.74, 6) is -1.28. The number of esters is 1. The van der Waals surface area contributed by atoms with Crippen LogP contribution in [-0.2, 0) is 4.74 Å². The molecule has 0 heterocycles. The predicted octanol–water partition coefficient (Wildman–Crippen LogP) is 2.23. The third-order valence-corrected chi connectivity index (χ3v) is 1.40. The van der Waals surface area contributed by atoms with E-state index in [2.05, 4.69) is 4.74 Å². The average Bonchev–Trinajstić information content (AvgIpc) is 2.37. The minimum absolute atomic E-state index is 0.145. The summed E-state index contributed by atoms with van der Waals surface area (Å²) in [6, 6.07) is 5.09. The summed E-state index contributed by atoms with van der Waals surface area (Å²) in [4.78, 5) is 11.9. The van der Waals surface area contributed by atoms with E-state index in [0.29, 0.717) is 5.69 Å². The number of nitrogen functional groups attached to an aromatic ring is 1. The lowest BCUT2D eigenvalue weighted by Crippen LogP contribution is -2.06. The first kappa shape index (κ1) is 3.57. The van der Waals surface area contributed by atoms with Crippen LogP contribution in [0.25, 0.3) is 0 Å². The first-order valence-corrected chi connectivity index (χ1v) is 3.72. The highest BCUT2D eigenvalue weighted by Gasteiger charge is 2.05. The van der Waals surface area contributed by atoms with Crippen molar-refractivity contribution in [3.05, 3.63) is 29.8 Å². The number of rotatable bonds is 4. The quantitative estimate of drug-likeness (QED) is 0.601. The number of nitrogens with two attached hydrogens (primary N) is 1. The van der Waals surface area contributed by atoms with Crippen LogP contribution in [0.15, 0.2) is 24.3 Å². The van der Waals surface area contributed by atoms with Crippen molar-refractivity contribution in [2.45, 2.75) is 19.6 Å². The summed E-state index contributed by atoms with van der Waals surface area (Å²) in [7, 11) is 0. The second-order valence-corrected chi connectivity index (χ2v) is 2.36. The van der Waals surface area contributed by atoms with Gasteiger partial charge in [0.1, 0.15) is 0 Å². The molecule has 76 valence electrons. The van der Waals surface area contributed by atoms with Crippen LogP contribution in [0.4, 0.5) is 5.69 Å². The fourth-order valence-corrected chi connectivity index (χ4v) is 0.776. The zero-order chi connectivity index (χ0) is 18.3. The van der Waals surface area contributed by atoms with Crippen LogP contribution in [0.1, 0.15) is 42.3 Å². The molecule has 1 aromatic rings. The smallest absolute Gasteiger partial charge is 0.338 e. The van der Waals surface area contributed by atoms with Crippen molar-refractivity contribution in [1.82, 2.24) is 0 Å². The molecule has 3 nitrogen and oxygen atoms in total. The van der Waals surface area contributed by atoms with Crippen molar-refractivity contribution in [1.29, 1.82) is 0 Å². The Bertz CT molecular complexity index is 580. The van der Waals surface area contributed by atoms with E-state index in [9.17, 15) is 4.79 Å². The predicted molar refractivity (Wildman–Crippen MR) is 56.0 cm³/mol. The Kier molecular flexibility index (Phi) is 1.34. The Hall–Kier alpha value is -1.51. The van der Waals surface area contributed by atoms with E-state index in [-0.39, 0.29) is 5.56 Å². The first-order chi connectivity index (χ1) is 10.1. The van der Waals surface area contributed by atoms with E-state index in [1.54, 1.807) is 0 Å². The molecule has 0 amide bonds. The van der Waals surface area contributed by atoms with Crippen LogP contribution in [0.5, 0.6) is 0 Å². The van der Waals surface area contributed by atoms with Crippen LogP contribution in [0.3, 0.4) is 0 Å². The van der Waals surface area contributed by atoms with Gasteiger partial charge in [-0.25, -0.2) is 4.79 Å². The molecule has 0 saturated heterocycles. The molecule has 0 aliphatic rings. The summed E-state index contributed by atoms with van der Waals surface area (Å²) in [6.45, 7) is -6.99. The largest absolute Gasteiger partial charge is 0.462 e. The van der Waals surface area contributed by atoms with Gasteiger partial charge in [-0.2, -0.15) is 0 Å². The van der Waals surface area contributed by atoms with Crippen molar-refractivity contribution in [3.8, 4) is 0 Å². The van der Waals surface area contributed by atoms with Crippen molar-refractivity contribution >= 4 is 11.7 Å². The van der Waals surface area contributed by atoms with Gasteiger partial charge in [0.2, 0.25) is 0 Å². The van der Waals surface area contributed by atoms with Gasteiger partial charge in [0.05, 0.1) is 14.9 Å². The monoisotopic (exact) mass is 202 g/mol. The van der Waals surface area contributed by atoms with Crippen molar-refractivity contribution in [2.75, 3.05) is 12.3 Å². The molecule has 1 rings (SSSR count). The number of hydrogen-bond donors (Lipinski definition) is 1. The third-order valence-electron chi connectivity index (χ3n) is 1.40. The molecule has 0 radical (unpaired) electrons. The molecule has 0 aromatic heterocycles. The fourth-order valence-electron chi connectivity index (χ4n) is 0.776. The van der Waals surface area contributed by atoms with E-state index >= 15 is 0 Å². The molecule has 0 spiro atoms. The summed E-state index contributed by atoms with van der Waals surface area (Å²) >= 11 is 0. The van der Waals surface area contributed by atoms with Crippen LogP contribution in [0.2, 0.25) is 0 Å². The molecule has 0 aliphatic carbocycles. The zero-order valence-corrected chi connectivity index (χ0v) is 7.20. The molecule has 0 unspecified atom stereocenters. The van der Waals surface area contributed by atoms with Gasteiger partial charge < -0.3 is 10.5 Å². The van der Waals surface area contributed by atoms with Gasteiger partial charge in [-0.15, -0.1) is 0 Å². The van der Waals surface area contributed by atoms with Crippen molar-refractivity contribution in [2.24, 2.45) is 0 Å². The summed E-state index contributed by atoms with van der Waals surface area (Å²) < 4.78 is 70.4. The molecule has 3 heteroatoms. The van der Waals surface area contributed by atoms with E-state index in [4.69, 9.17) is 18.1 Å². The maximum absolute atomic E-state index is 11.9. The Morgan fingerprint density at radius 3 is 2.93 bits per heavy atom. The van der Waals surface area contributed by atoms with E-state index in [1.807, 2.05) is 0 Å². The number of ether oxygens (including phenoxy) is 1. The molecular formula is C11H15NO2. The Balaban J connectivity index is 3.10. The molecule has 2 N–H and O–H groups in total. The average molecular weight is 202 g/mol. The van der Waals surface area contributed by atoms with E-state index in [1.165, 1.54) is 24.3 Å². The molecule has 0 saturated carbocycles. The van der Waals surface area contributed by atoms with Crippen LogP contribution in [-0.4, -0.2) is 12.5 Å². The molecule has 0 bridgehead atoms. The van der Waals surface area contributed by atoms with Crippen molar-refractivity contribution in [3.63, 3.8) is 0 Å². The van der Waals surface area contributed by atoms with Crippen molar-refractivity contribution < 1.29 is 21.9 Å². The number of carbonyl (C=O) groups excluding carboxylic acids is 1. The number of hydrogen-bond acceptors (Lipinski definition) is 3. The minimum atomic E-state index is -3.63. The molecule has 1 aromatic carbocycles. The Labute approximate surface area is 96.5 Å². The highest BCUT2D eigenvalue weighted by Crippen LogP contribution is 2.07. The molecule has 0 aliphatic heterocycles. The SMILES string of the molecule is [2H]C([2H])([2H])C([2H])([2H])C([2H])([2H])C([2H])([2H])OC(=O)c1ccc(N)cc1. The second-order valence-electron chi connectivity index (χ2n) is 2.36. The Morgan fingerprint density at radius 2 is 2.29 bits per heavy atom. The Morgan fingerprint density at radius 1 is 1.57 bits per heavy atom. The van der Waals surface area contributed by atoms with E-state index < -0.39 is 32.1 Å². The van der Waals surface area contributed by atoms with Gasteiger partial charge in [0.15, 0.2) is 0 Å². The summed E-state index contributed by atoms with van der Waals surface area (Å²) in [6.07, 6.45) is -7.22. The fraction of sp³-hybridized carbons (Fsp3) is 0.364. The topological polar surface area (TPSA) is 52.3 Å². The first-order valence-electron chi connectivity index (χ1n) is 8.22. The van der Waals surface area contributed by atoms with Gasteiger partial charge >= 0.3 is 5.97 Å². The molecule has 0 fully saturated rings. The number of anilines is 1. The van der Waals surface area contributed by atoms with Gasteiger partial charge in [0, 0.05) is 15.3 Å². The lowest BCUT2D eigenvalue weighted by molar-refractivity contribution is 0.0500. The number of benzene rings is 1. The lowest BCUT2D eigenvalue weighted by atomic mass is 10.2. The van der Waals surface area contributed by atoms with Gasteiger partial charge in [-0.05, 0) is 30.6 Å². The van der Waals surface area contributed by atoms with Gasteiger partial charge in [-0.3, -0.25) is 0 Å². The summed E-state index contributed by atoms with van der Waals surface area (Å²) in [5, 5.41) is 0. The van der Waals surface area contributed by atoms with Gasteiger partial charge in [-0.1, -0.05) is 13.2 Å². The zero-order valence-electron chi connectivity index (χ0n) is 16.2. The lowest BCUT2D eigenvalue weighted by Gasteiger charge is -2.03. The molecular weight excluding hydrogens is 178 g/mol. The van der Waals surface area contributed by atoms with Crippen LogP contribution in [0, 0.1) is 0 Å². The maximum atomic E-state index is 11.9. The van der Waals surface area contributed by atoms with Crippen LogP contribution >= 0.6 is 0 Å². The van der Waals surface area contributed by atoms with Crippen LogP contribution < -0.4 is 5.73 Å². The normalized spacial score (nSPS) is 23.3. The molecule has 0 atom stereocenters. The maximum Gasteiger partial charge on any atom is 0.338 e. The highest BCUT2D eigenvalue weighted by molar-refractivity contribution is 5.89. The molecule has 14 heavy (non-hydrogen) atoms. The van der Waals surface area contributed by atoms with E-state index in [0.717, 1.165) is 0 Å². The van der Waals surface area contributed by atoms with Gasteiger partial charge in [0.25, 0.3) is 0 Å². The highest BCUT2D eigenvalue weighted by atomic mass is 16.5. The number of carbonyl (C=O) groups is 1.